The van der Waals surface area contributed by atoms with Gasteiger partial charge in [0, 0.05) is 25.5 Å². The molecule has 3 aliphatic rings. The van der Waals surface area contributed by atoms with E-state index in [4.69, 9.17) is 14.2 Å². The summed E-state index contributed by atoms with van der Waals surface area (Å²) in [6.45, 7) is 1.23. The minimum absolute atomic E-state index is 0.205. The number of rotatable bonds is 6. The summed E-state index contributed by atoms with van der Waals surface area (Å²) in [5.41, 5.74) is 1.43. The maximum Gasteiger partial charge on any atom is 0.338 e. The first-order chi connectivity index (χ1) is 15.1. The Morgan fingerprint density at radius 2 is 2.00 bits per heavy atom. The Hall–Kier alpha value is -3.35. The van der Waals surface area contributed by atoms with Gasteiger partial charge in [-0.05, 0) is 54.4 Å². The average molecular weight is 420 g/mol. The van der Waals surface area contributed by atoms with Crippen molar-refractivity contribution in [2.24, 2.45) is 17.8 Å². The zero-order valence-electron chi connectivity index (χ0n) is 17.3. The van der Waals surface area contributed by atoms with Crippen LogP contribution in [0.15, 0.2) is 48.8 Å². The maximum absolute atomic E-state index is 13.6. The van der Waals surface area contributed by atoms with E-state index in [1.165, 1.54) is 25.6 Å². The van der Waals surface area contributed by atoms with Crippen LogP contribution in [0.25, 0.3) is 0 Å². The quantitative estimate of drug-likeness (QED) is 0.526. The van der Waals surface area contributed by atoms with Crippen molar-refractivity contribution in [3.05, 3.63) is 65.5 Å². The molecule has 2 heterocycles. The molecule has 2 bridgehead atoms. The molecule has 31 heavy (non-hydrogen) atoms. The van der Waals surface area contributed by atoms with Crippen LogP contribution in [0.2, 0.25) is 0 Å². The number of carbonyl (C=O) groups excluding carboxylic acids is 2. The standard InChI is InChI=1S/C24H24N2O5/c1-29-24(28)19-6-7-25-11-20(19)23(27)26(13-18-9-15-2-4-17(18)8-15)12-16-3-5-21-22(10-16)31-14-30-21/h2-7,10-11,15,17-18H,8-9,12-14H2,1H3/t15-,17+,18+/m1/s1. The van der Waals surface area contributed by atoms with Crippen LogP contribution in [0.1, 0.15) is 39.1 Å². The first-order valence-electron chi connectivity index (χ1n) is 10.5. The molecule has 2 aliphatic carbocycles. The Morgan fingerprint density at radius 3 is 2.77 bits per heavy atom. The van der Waals surface area contributed by atoms with Gasteiger partial charge in [-0.15, -0.1) is 0 Å². The Balaban J connectivity index is 1.44. The molecule has 0 radical (unpaired) electrons. The molecule has 1 aliphatic heterocycles. The minimum atomic E-state index is -0.545. The van der Waals surface area contributed by atoms with Gasteiger partial charge in [-0.25, -0.2) is 4.79 Å². The molecule has 0 N–H and O–H groups in total. The minimum Gasteiger partial charge on any atom is -0.465 e. The number of aromatic nitrogens is 1. The molecule has 1 saturated carbocycles. The third-order valence-electron chi connectivity index (χ3n) is 6.43. The van der Waals surface area contributed by atoms with Gasteiger partial charge in [-0.2, -0.15) is 0 Å². The summed E-state index contributed by atoms with van der Waals surface area (Å²) in [6, 6.07) is 7.25. The van der Waals surface area contributed by atoms with E-state index >= 15 is 0 Å². The Bertz CT molecular complexity index is 1050. The van der Waals surface area contributed by atoms with Gasteiger partial charge < -0.3 is 19.1 Å². The number of methoxy groups -OCH3 is 1. The van der Waals surface area contributed by atoms with Gasteiger partial charge in [-0.1, -0.05) is 18.2 Å². The highest BCUT2D eigenvalue weighted by Crippen LogP contribution is 2.44. The molecule has 1 amide bonds. The van der Waals surface area contributed by atoms with E-state index in [-0.39, 0.29) is 23.8 Å². The van der Waals surface area contributed by atoms with Crippen molar-refractivity contribution in [1.82, 2.24) is 9.88 Å². The molecule has 1 aromatic carbocycles. The monoisotopic (exact) mass is 420 g/mol. The van der Waals surface area contributed by atoms with Crippen LogP contribution in [0.5, 0.6) is 11.5 Å². The third-order valence-corrected chi connectivity index (χ3v) is 6.43. The van der Waals surface area contributed by atoms with Gasteiger partial charge in [0.2, 0.25) is 6.79 Å². The Kier molecular flexibility index (Phi) is 5.10. The summed E-state index contributed by atoms with van der Waals surface area (Å²) >= 11 is 0. The fraction of sp³-hybridized carbons (Fsp3) is 0.375. The number of hydrogen-bond donors (Lipinski definition) is 0. The van der Waals surface area contributed by atoms with Crippen molar-refractivity contribution >= 4 is 11.9 Å². The largest absolute Gasteiger partial charge is 0.465 e. The summed E-state index contributed by atoms with van der Waals surface area (Å²) in [4.78, 5) is 31.8. The lowest BCUT2D eigenvalue weighted by atomic mass is 9.92. The second kappa shape index (κ2) is 8.06. The van der Waals surface area contributed by atoms with Crippen LogP contribution < -0.4 is 9.47 Å². The molecule has 0 saturated heterocycles. The maximum atomic E-state index is 13.6. The molecular weight excluding hydrogens is 396 g/mol. The first kappa shape index (κ1) is 19.6. The van der Waals surface area contributed by atoms with Gasteiger partial charge >= 0.3 is 5.97 Å². The van der Waals surface area contributed by atoms with Gasteiger partial charge in [0.25, 0.3) is 5.91 Å². The van der Waals surface area contributed by atoms with Crippen molar-refractivity contribution in [3.8, 4) is 11.5 Å². The van der Waals surface area contributed by atoms with Gasteiger partial charge in [0.1, 0.15) is 0 Å². The third kappa shape index (κ3) is 3.76. The van der Waals surface area contributed by atoms with E-state index in [0.29, 0.717) is 42.3 Å². The zero-order valence-corrected chi connectivity index (χ0v) is 17.3. The van der Waals surface area contributed by atoms with E-state index in [2.05, 4.69) is 17.1 Å². The van der Waals surface area contributed by atoms with E-state index in [1.54, 1.807) is 0 Å². The normalized spacial score (nSPS) is 22.5. The highest BCUT2D eigenvalue weighted by molar-refractivity contribution is 6.05. The van der Waals surface area contributed by atoms with Gasteiger partial charge in [0.15, 0.2) is 11.5 Å². The van der Waals surface area contributed by atoms with E-state index in [1.807, 2.05) is 23.1 Å². The molecule has 1 fully saturated rings. The number of esters is 1. The molecule has 7 nitrogen and oxygen atoms in total. The van der Waals surface area contributed by atoms with Gasteiger partial charge in [-0.3, -0.25) is 9.78 Å². The molecule has 160 valence electrons. The number of benzene rings is 1. The van der Waals surface area contributed by atoms with Crippen LogP contribution in [0.4, 0.5) is 0 Å². The van der Waals surface area contributed by atoms with Crippen molar-refractivity contribution < 1.29 is 23.8 Å². The van der Waals surface area contributed by atoms with Crippen LogP contribution in [0.3, 0.4) is 0 Å². The highest BCUT2D eigenvalue weighted by atomic mass is 16.7. The summed E-state index contributed by atoms with van der Waals surface area (Å²) in [7, 11) is 1.31. The zero-order chi connectivity index (χ0) is 21.4. The average Bonchev–Trinajstić information content (AvgIpc) is 3.54. The summed E-state index contributed by atoms with van der Waals surface area (Å²) in [5.74, 6) is 2.15. The summed E-state index contributed by atoms with van der Waals surface area (Å²) in [5, 5.41) is 0. The van der Waals surface area contributed by atoms with Crippen LogP contribution >= 0.6 is 0 Å². The predicted molar refractivity (Wildman–Crippen MR) is 112 cm³/mol. The van der Waals surface area contributed by atoms with Crippen LogP contribution in [0, 0.1) is 17.8 Å². The number of ether oxygens (including phenoxy) is 3. The van der Waals surface area contributed by atoms with E-state index in [9.17, 15) is 9.59 Å². The van der Waals surface area contributed by atoms with Gasteiger partial charge in [0.05, 0.1) is 18.2 Å². The Labute approximate surface area is 180 Å². The Morgan fingerprint density at radius 1 is 1.13 bits per heavy atom. The van der Waals surface area contributed by atoms with Crippen molar-refractivity contribution in [3.63, 3.8) is 0 Å². The molecule has 1 aromatic heterocycles. The highest BCUT2D eigenvalue weighted by Gasteiger charge is 2.37. The molecule has 0 unspecified atom stereocenters. The lowest BCUT2D eigenvalue weighted by Crippen LogP contribution is -2.37. The number of allylic oxidation sites excluding steroid dienone is 2. The number of pyridine rings is 1. The predicted octanol–water partition coefficient (Wildman–Crippen LogP) is 3.45. The second-order valence-corrected chi connectivity index (χ2v) is 8.33. The van der Waals surface area contributed by atoms with E-state index in [0.717, 1.165) is 18.4 Å². The number of carbonyl (C=O) groups is 2. The van der Waals surface area contributed by atoms with Crippen LogP contribution in [-0.4, -0.2) is 42.2 Å². The van der Waals surface area contributed by atoms with Crippen molar-refractivity contribution in [1.29, 1.82) is 0 Å². The molecular formula is C24H24N2O5. The van der Waals surface area contributed by atoms with Crippen molar-refractivity contribution in [2.75, 3.05) is 20.4 Å². The SMILES string of the molecule is COC(=O)c1ccncc1C(=O)N(Cc1ccc2c(c1)OCO2)C[C@@H]1C[C@@H]2C=C[C@H]1C2. The molecule has 0 spiro atoms. The molecule has 2 aromatic rings. The summed E-state index contributed by atoms with van der Waals surface area (Å²) in [6.07, 6.45) is 9.77. The van der Waals surface area contributed by atoms with E-state index < -0.39 is 5.97 Å². The number of nitrogens with zero attached hydrogens (tertiary/aromatic N) is 2. The first-order valence-corrected chi connectivity index (χ1v) is 10.5. The summed E-state index contributed by atoms with van der Waals surface area (Å²) < 4.78 is 15.8. The number of fused-ring (bicyclic) bond motifs is 3. The smallest absolute Gasteiger partial charge is 0.338 e. The fourth-order valence-corrected chi connectivity index (χ4v) is 4.89. The topological polar surface area (TPSA) is 78.0 Å². The number of hydrogen-bond acceptors (Lipinski definition) is 6. The molecule has 7 heteroatoms. The number of amides is 1. The molecule has 5 rings (SSSR count). The van der Waals surface area contributed by atoms with Crippen molar-refractivity contribution in [2.45, 2.75) is 19.4 Å². The second-order valence-electron chi connectivity index (χ2n) is 8.33. The lowest BCUT2D eigenvalue weighted by molar-refractivity contribution is 0.0585. The van der Waals surface area contributed by atoms with Crippen LogP contribution in [-0.2, 0) is 11.3 Å². The lowest BCUT2D eigenvalue weighted by Gasteiger charge is -2.29. The molecule has 3 atom stereocenters. The fourth-order valence-electron chi connectivity index (χ4n) is 4.89.